The summed E-state index contributed by atoms with van der Waals surface area (Å²) in [5.41, 5.74) is 4.34. The third-order valence-corrected chi connectivity index (χ3v) is 6.57. The Morgan fingerprint density at radius 3 is 2.75 bits per heavy atom. The minimum Gasteiger partial charge on any atom is -0.464 e. The number of carbonyl (C=O) groups excluding carboxylic acids is 2. The van der Waals surface area contributed by atoms with Crippen molar-refractivity contribution in [1.82, 2.24) is 24.9 Å². The fraction of sp³-hybridized carbons (Fsp3) is 0.259. The van der Waals surface area contributed by atoms with Crippen molar-refractivity contribution in [1.29, 1.82) is 0 Å². The smallest absolute Gasteiger partial charge is 0.354 e. The van der Waals surface area contributed by atoms with Crippen molar-refractivity contribution in [2.24, 2.45) is 0 Å². The number of nitrogens with zero attached hydrogens (tertiary/aromatic N) is 4. The summed E-state index contributed by atoms with van der Waals surface area (Å²) in [6.45, 7) is 3.30. The molecule has 1 N–H and O–H groups in total. The zero-order valence-electron chi connectivity index (χ0n) is 20.1. The van der Waals surface area contributed by atoms with Crippen LogP contribution in [0.2, 0.25) is 0 Å². The van der Waals surface area contributed by atoms with Gasteiger partial charge in [0.15, 0.2) is 5.82 Å². The molecule has 1 aliphatic rings. The molecule has 4 aromatic rings. The molecule has 0 atom stereocenters. The molecule has 1 aliphatic heterocycles. The van der Waals surface area contributed by atoms with E-state index in [9.17, 15) is 9.59 Å². The molecular weight excluding hydrogens is 461 g/mol. The van der Waals surface area contributed by atoms with Crippen molar-refractivity contribution in [3.05, 3.63) is 77.5 Å². The van der Waals surface area contributed by atoms with Gasteiger partial charge in [0.25, 0.3) is 0 Å². The molecule has 9 heteroatoms. The highest BCUT2D eigenvalue weighted by molar-refractivity contribution is 6.03. The van der Waals surface area contributed by atoms with Gasteiger partial charge in [0, 0.05) is 36.7 Å². The molecule has 2 aromatic heterocycles. The number of rotatable bonds is 6. The fourth-order valence-corrected chi connectivity index (χ4v) is 4.68. The van der Waals surface area contributed by atoms with Crippen LogP contribution in [0.3, 0.4) is 0 Å². The minimum absolute atomic E-state index is 0.0236. The minimum atomic E-state index is -0.566. The van der Waals surface area contributed by atoms with Crippen LogP contribution in [0.15, 0.2) is 54.9 Å². The molecule has 36 heavy (non-hydrogen) atoms. The molecule has 3 heterocycles. The van der Waals surface area contributed by atoms with Crippen LogP contribution in [0.4, 0.5) is 4.39 Å². The van der Waals surface area contributed by atoms with Gasteiger partial charge in [-0.2, -0.15) is 0 Å². The number of hydrogen-bond donors (Lipinski definition) is 1. The molecule has 184 valence electrons. The van der Waals surface area contributed by atoms with Crippen LogP contribution in [0.5, 0.6) is 0 Å². The number of aryl methyl sites for hydroxylation is 2. The average molecular weight is 488 g/mol. The maximum atomic E-state index is 15.9. The zero-order chi connectivity index (χ0) is 25.2. The van der Waals surface area contributed by atoms with E-state index >= 15 is 4.39 Å². The average Bonchev–Trinajstić information content (AvgIpc) is 3.59. The van der Waals surface area contributed by atoms with E-state index < -0.39 is 11.8 Å². The zero-order valence-corrected chi connectivity index (χ0v) is 20.1. The van der Waals surface area contributed by atoms with Crippen LogP contribution < -0.4 is 0 Å². The van der Waals surface area contributed by atoms with Gasteiger partial charge in [-0.1, -0.05) is 35.6 Å². The number of fused-ring (bicyclic) bond motifs is 1. The van der Waals surface area contributed by atoms with E-state index in [2.05, 4.69) is 15.3 Å². The number of aromatic nitrogens is 4. The Morgan fingerprint density at radius 2 is 2.00 bits per heavy atom. The van der Waals surface area contributed by atoms with Crippen LogP contribution >= 0.6 is 0 Å². The lowest BCUT2D eigenvalue weighted by atomic mass is 9.91. The molecule has 5 rings (SSSR count). The number of H-pyrrole nitrogens is 1. The molecule has 0 fully saturated rings. The van der Waals surface area contributed by atoms with Gasteiger partial charge in [0.05, 0.1) is 25.4 Å². The second-order valence-electron chi connectivity index (χ2n) is 8.81. The van der Waals surface area contributed by atoms with E-state index in [0.29, 0.717) is 37.0 Å². The van der Waals surface area contributed by atoms with Gasteiger partial charge in [-0.15, -0.1) is 5.10 Å². The van der Waals surface area contributed by atoms with Gasteiger partial charge in [-0.05, 0) is 47.7 Å². The van der Waals surface area contributed by atoms with E-state index in [0.717, 1.165) is 22.3 Å². The second kappa shape index (κ2) is 9.77. The van der Waals surface area contributed by atoms with Crippen LogP contribution in [0.25, 0.3) is 27.6 Å². The van der Waals surface area contributed by atoms with Crippen molar-refractivity contribution in [2.75, 3.05) is 20.2 Å². The predicted octanol–water partition coefficient (Wildman–Crippen LogP) is 4.37. The van der Waals surface area contributed by atoms with E-state index in [1.54, 1.807) is 28.0 Å². The Kier molecular flexibility index (Phi) is 6.37. The standard InChI is InChI=1S/C27H26FN5O3/c1-17-6-3-4-8-19(17)21-14-20(25(28)26-22(21)15-23(30-26)27(35)36-2)18-7-5-11-32(16-18)24(34)9-12-33-13-10-29-31-33/h3-4,6-8,10,13-15,30H,5,9,11-12,16H2,1-2H3. The highest BCUT2D eigenvalue weighted by Crippen LogP contribution is 2.37. The summed E-state index contributed by atoms with van der Waals surface area (Å²) in [5.74, 6) is -1.05. The largest absolute Gasteiger partial charge is 0.464 e. The third-order valence-electron chi connectivity index (χ3n) is 6.57. The molecule has 1 amide bonds. The van der Waals surface area contributed by atoms with Gasteiger partial charge in [0.2, 0.25) is 5.91 Å². The Labute approximate surface area is 207 Å². The summed E-state index contributed by atoms with van der Waals surface area (Å²) in [5, 5.41) is 8.26. The Balaban J connectivity index is 1.53. The predicted molar refractivity (Wildman–Crippen MR) is 134 cm³/mol. The van der Waals surface area contributed by atoms with Crippen LogP contribution in [-0.4, -0.2) is 57.0 Å². The van der Waals surface area contributed by atoms with E-state index in [1.165, 1.54) is 7.11 Å². The number of amides is 1. The number of halogens is 1. The number of esters is 1. The van der Waals surface area contributed by atoms with Gasteiger partial charge >= 0.3 is 5.97 Å². The summed E-state index contributed by atoms with van der Waals surface area (Å²) in [7, 11) is 1.29. The molecule has 0 bridgehead atoms. The number of methoxy groups -OCH3 is 1. The number of nitrogens with one attached hydrogen (secondary N) is 1. The van der Waals surface area contributed by atoms with Crippen LogP contribution in [0, 0.1) is 12.7 Å². The Hall–Kier alpha value is -4.27. The molecule has 0 saturated carbocycles. The summed E-state index contributed by atoms with van der Waals surface area (Å²) in [6, 6.07) is 11.3. The lowest BCUT2D eigenvalue weighted by Gasteiger charge is -2.28. The molecule has 0 aliphatic carbocycles. The lowest BCUT2D eigenvalue weighted by molar-refractivity contribution is -0.131. The molecular formula is C27H26FN5O3. The van der Waals surface area contributed by atoms with Gasteiger partial charge < -0.3 is 14.6 Å². The highest BCUT2D eigenvalue weighted by Gasteiger charge is 2.25. The lowest BCUT2D eigenvalue weighted by Crippen LogP contribution is -2.36. The van der Waals surface area contributed by atoms with E-state index in [-0.39, 0.29) is 23.5 Å². The molecule has 0 unspecified atom stereocenters. The fourth-order valence-electron chi connectivity index (χ4n) is 4.68. The van der Waals surface area contributed by atoms with Gasteiger partial charge in [-0.3, -0.25) is 9.48 Å². The topological polar surface area (TPSA) is 93.1 Å². The van der Waals surface area contributed by atoms with E-state index in [1.807, 2.05) is 43.3 Å². The number of benzene rings is 2. The monoisotopic (exact) mass is 487 g/mol. The maximum absolute atomic E-state index is 15.9. The molecule has 2 aromatic carbocycles. The van der Waals surface area contributed by atoms with Crippen molar-refractivity contribution < 1.29 is 18.7 Å². The summed E-state index contributed by atoms with van der Waals surface area (Å²) >= 11 is 0. The number of ether oxygens (including phenoxy) is 1. The number of hydrogen-bond acceptors (Lipinski definition) is 5. The first-order chi connectivity index (χ1) is 17.5. The quantitative estimate of drug-likeness (QED) is 0.408. The maximum Gasteiger partial charge on any atom is 0.354 e. The second-order valence-corrected chi connectivity index (χ2v) is 8.81. The van der Waals surface area contributed by atoms with Crippen LogP contribution in [-0.2, 0) is 16.1 Å². The first-order valence-electron chi connectivity index (χ1n) is 11.8. The molecule has 0 saturated heterocycles. The van der Waals surface area contributed by atoms with Crippen LogP contribution in [0.1, 0.15) is 34.5 Å². The van der Waals surface area contributed by atoms with E-state index in [4.69, 9.17) is 4.74 Å². The summed E-state index contributed by atoms with van der Waals surface area (Å²) in [6.07, 6.45) is 6.18. The van der Waals surface area contributed by atoms with Crippen molar-refractivity contribution in [2.45, 2.75) is 26.3 Å². The normalized spacial score (nSPS) is 13.6. The molecule has 0 radical (unpaired) electrons. The van der Waals surface area contributed by atoms with Gasteiger partial charge in [0.1, 0.15) is 5.69 Å². The van der Waals surface area contributed by atoms with Crippen molar-refractivity contribution >= 4 is 28.4 Å². The Morgan fingerprint density at radius 1 is 1.17 bits per heavy atom. The first-order valence-corrected chi connectivity index (χ1v) is 11.8. The Bertz CT molecular complexity index is 1470. The number of aromatic amines is 1. The molecule has 0 spiro atoms. The molecule has 8 nitrogen and oxygen atoms in total. The number of carbonyl (C=O) groups is 2. The summed E-state index contributed by atoms with van der Waals surface area (Å²) < 4.78 is 22.4. The first kappa shape index (κ1) is 23.5. The third kappa shape index (κ3) is 4.39. The summed E-state index contributed by atoms with van der Waals surface area (Å²) in [4.78, 5) is 29.8. The van der Waals surface area contributed by atoms with Crippen molar-refractivity contribution in [3.8, 4) is 11.1 Å². The highest BCUT2D eigenvalue weighted by atomic mass is 19.1. The van der Waals surface area contributed by atoms with Crippen molar-refractivity contribution in [3.63, 3.8) is 0 Å². The SMILES string of the molecule is COC(=O)c1cc2c(-c3ccccc3C)cc(C3=CCCN(C(=O)CCn4ccnn4)C3)c(F)c2[nH]1. The van der Waals surface area contributed by atoms with Gasteiger partial charge in [-0.25, -0.2) is 9.18 Å².